The van der Waals surface area contributed by atoms with Gasteiger partial charge in [-0.3, -0.25) is 0 Å². The molecule has 0 bridgehead atoms. The minimum Gasteiger partial charge on any atom is -0.388 e. The van der Waals surface area contributed by atoms with Gasteiger partial charge in [-0.2, -0.15) is 0 Å². The highest BCUT2D eigenvalue weighted by molar-refractivity contribution is 7.91. The van der Waals surface area contributed by atoms with Gasteiger partial charge in [-0.1, -0.05) is 54.6 Å². The Labute approximate surface area is 125 Å². The molecule has 0 amide bonds. The van der Waals surface area contributed by atoms with Crippen molar-refractivity contribution in [1.29, 1.82) is 0 Å². The van der Waals surface area contributed by atoms with Crippen LogP contribution in [0.5, 0.6) is 0 Å². The molecule has 0 saturated carbocycles. The first-order valence-corrected chi connectivity index (χ1v) is 8.33. The Hall–Kier alpha value is -1.91. The van der Waals surface area contributed by atoms with E-state index in [0.717, 1.165) is 0 Å². The topological polar surface area (TPSA) is 54.4 Å². The van der Waals surface area contributed by atoms with Gasteiger partial charge in [-0.05, 0) is 17.7 Å². The van der Waals surface area contributed by atoms with Crippen LogP contribution in [-0.2, 0) is 9.84 Å². The standard InChI is InChI=1S/C17H18O3S/c1-2-14(17(18)15-9-5-3-6-10-15)13-21(19,20)16-11-7-4-8-12-16/h2-12,14,17-18H,1,13H2. The Bertz CT molecular complexity index is 678. The molecule has 0 heterocycles. The van der Waals surface area contributed by atoms with Gasteiger partial charge in [0.25, 0.3) is 0 Å². The first-order chi connectivity index (χ1) is 10.0. The van der Waals surface area contributed by atoms with Crippen LogP contribution in [0.15, 0.2) is 78.2 Å². The van der Waals surface area contributed by atoms with Gasteiger partial charge in [0, 0.05) is 5.92 Å². The second-order valence-corrected chi connectivity index (χ2v) is 6.88. The van der Waals surface area contributed by atoms with Crippen molar-refractivity contribution in [2.24, 2.45) is 5.92 Å². The monoisotopic (exact) mass is 302 g/mol. The average molecular weight is 302 g/mol. The number of rotatable bonds is 6. The zero-order valence-corrected chi connectivity index (χ0v) is 12.4. The summed E-state index contributed by atoms with van der Waals surface area (Å²) in [5.74, 6) is -0.728. The highest BCUT2D eigenvalue weighted by Crippen LogP contribution is 2.26. The lowest BCUT2D eigenvalue weighted by Gasteiger charge is -2.20. The number of hydrogen-bond acceptors (Lipinski definition) is 3. The molecule has 0 fully saturated rings. The van der Waals surface area contributed by atoms with E-state index >= 15 is 0 Å². The molecular weight excluding hydrogens is 284 g/mol. The number of hydrogen-bond donors (Lipinski definition) is 1. The Morgan fingerprint density at radius 2 is 1.52 bits per heavy atom. The molecule has 3 nitrogen and oxygen atoms in total. The first-order valence-electron chi connectivity index (χ1n) is 6.68. The molecule has 0 radical (unpaired) electrons. The third-order valence-corrected chi connectivity index (χ3v) is 5.18. The summed E-state index contributed by atoms with van der Waals surface area (Å²) in [6, 6.07) is 17.3. The van der Waals surface area contributed by atoms with Crippen molar-refractivity contribution in [1.82, 2.24) is 0 Å². The maximum Gasteiger partial charge on any atom is 0.179 e. The number of aliphatic hydroxyl groups is 1. The quantitative estimate of drug-likeness (QED) is 0.835. The summed E-state index contributed by atoms with van der Waals surface area (Å²) in [5, 5.41) is 10.4. The summed E-state index contributed by atoms with van der Waals surface area (Å²) >= 11 is 0. The Kier molecular flexibility index (Phi) is 4.94. The largest absolute Gasteiger partial charge is 0.388 e. The molecule has 2 aromatic rings. The molecule has 0 aliphatic rings. The summed E-state index contributed by atoms with van der Waals surface area (Å²) in [5.41, 5.74) is 0.686. The van der Waals surface area contributed by atoms with Crippen molar-refractivity contribution in [3.8, 4) is 0 Å². The predicted octanol–water partition coefficient (Wildman–Crippen LogP) is 3.00. The van der Waals surface area contributed by atoms with Crippen molar-refractivity contribution >= 4 is 9.84 Å². The molecule has 0 spiro atoms. The van der Waals surface area contributed by atoms with Crippen molar-refractivity contribution in [3.63, 3.8) is 0 Å². The maximum absolute atomic E-state index is 12.4. The van der Waals surface area contributed by atoms with Crippen molar-refractivity contribution in [2.75, 3.05) is 5.75 Å². The fraction of sp³-hybridized carbons (Fsp3) is 0.176. The van der Waals surface area contributed by atoms with Gasteiger partial charge in [-0.15, -0.1) is 6.58 Å². The van der Waals surface area contributed by atoms with Gasteiger partial charge in [0.1, 0.15) is 0 Å². The van der Waals surface area contributed by atoms with E-state index in [4.69, 9.17) is 0 Å². The van der Waals surface area contributed by atoms with Crippen LogP contribution in [0.2, 0.25) is 0 Å². The smallest absolute Gasteiger partial charge is 0.179 e. The van der Waals surface area contributed by atoms with E-state index in [9.17, 15) is 13.5 Å². The maximum atomic E-state index is 12.4. The van der Waals surface area contributed by atoms with E-state index < -0.39 is 21.9 Å². The molecular formula is C17H18O3S. The minimum absolute atomic E-state index is 0.170. The molecule has 2 atom stereocenters. The highest BCUT2D eigenvalue weighted by atomic mass is 32.2. The molecule has 1 N–H and O–H groups in total. The molecule has 0 aliphatic carbocycles. The van der Waals surface area contributed by atoms with Gasteiger partial charge in [-0.25, -0.2) is 8.42 Å². The van der Waals surface area contributed by atoms with Crippen LogP contribution in [0, 0.1) is 5.92 Å². The molecule has 21 heavy (non-hydrogen) atoms. The van der Waals surface area contributed by atoms with Gasteiger partial charge in [0.2, 0.25) is 0 Å². The van der Waals surface area contributed by atoms with Crippen molar-refractivity contribution in [2.45, 2.75) is 11.0 Å². The number of sulfone groups is 1. The van der Waals surface area contributed by atoms with Crippen LogP contribution < -0.4 is 0 Å². The highest BCUT2D eigenvalue weighted by Gasteiger charge is 2.25. The van der Waals surface area contributed by atoms with Crippen molar-refractivity contribution < 1.29 is 13.5 Å². The Balaban J connectivity index is 2.22. The zero-order valence-electron chi connectivity index (χ0n) is 11.6. The third kappa shape index (κ3) is 3.80. The van der Waals surface area contributed by atoms with E-state index in [2.05, 4.69) is 6.58 Å². The van der Waals surface area contributed by atoms with Crippen molar-refractivity contribution in [3.05, 3.63) is 78.9 Å². The average Bonchev–Trinajstić information content (AvgIpc) is 2.53. The van der Waals surface area contributed by atoms with Gasteiger partial charge in [0.15, 0.2) is 9.84 Å². The fourth-order valence-corrected chi connectivity index (χ4v) is 3.75. The minimum atomic E-state index is -3.46. The van der Waals surface area contributed by atoms with Gasteiger partial charge < -0.3 is 5.11 Å². The lowest BCUT2D eigenvalue weighted by Crippen LogP contribution is -2.21. The summed E-state index contributed by atoms with van der Waals surface area (Å²) < 4.78 is 24.8. The molecule has 2 aromatic carbocycles. The van der Waals surface area contributed by atoms with Crippen LogP contribution >= 0.6 is 0 Å². The van der Waals surface area contributed by atoms with E-state index in [1.54, 1.807) is 42.5 Å². The number of benzene rings is 2. The lowest BCUT2D eigenvalue weighted by molar-refractivity contribution is 0.141. The first kappa shape index (κ1) is 15.5. The second-order valence-electron chi connectivity index (χ2n) is 4.85. The summed E-state index contributed by atoms with van der Waals surface area (Å²) in [6.45, 7) is 3.66. The molecule has 0 aliphatic heterocycles. The molecule has 0 saturated heterocycles. The molecule has 0 aromatic heterocycles. The summed E-state index contributed by atoms with van der Waals surface area (Å²) in [6.07, 6.45) is 0.611. The van der Waals surface area contributed by atoms with E-state index in [0.29, 0.717) is 5.56 Å². The molecule has 110 valence electrons. The van der Waals surface area contributed by atoms with Crippen LogP contribution in [0.3, 0.4) is 0 Å². The molecule has 2 rings (SSSR count). The third-order valence-electron chi connectivity index (χ3n) is 3.36. The van der Waals surface area contributed by atoms with E-state index in [1.165, 1.54) is 6.08 Å². The normalized spacial score (nSPS) is 14.3. The van der Waals surface area contributed by atoms with Gasteiger partial charge >= 0.3 is 0 Å². The van der Waals surface area contributed by atoms with E-state index in [-0.39, 0.29) is 10.6 Å². The predicted molar refractivity (Wildman–Crippen MR) is 83.6 cm³/mol. The van der Waals surface area contributed by atoms with Crippen LogP contribution in [0.1, 0.15) is 11.7 Å². The summed E-state index contributed by atoms with van der Waals surface area (Å²) in [7, 11) is -3.46. The zero-order chi connectivity index (χ0) is 15.3. The Morgan fingerprint density at radius 1 is 1.00 bits per heavy atom. The van der Waals surface area contributed by atoms with Crippen LogP contribution in [0.4, 0.5) is 0 Å². The second kappa shape index (κ2) is 6.70. The lowest BCUT2D eigenvalue weighted by atomic mass is 9.97. The fourth-order valence-electron chi connectivity index (χ4n) is 2.16. The summed E-state index contributed by atoms with van der Waals surface area (Å²) in [4.78, 5) is 0.261. The van der Waals surface area contributed by atoms with Crippen LogP contribution in [0.25, 0.3) is 0 Å². The Morgan fingerprint density at radius 3 is 2.05 bits per heavy atom. The SMILES string of the molecule is C=CC(CS(=O)(=O)c1ccccc1)C(O)c1ccccc1. The molecule has 2 unspecified atom stereocenters. The van der Waals surface area contributed by atoms with Gasteiger partial charge in [0.05, 0.1) is 16.8 Å². The van der Waals surface area contributed by atoms with E-state index in [1.807, 2.05) is 18.2 Å². The molecule has 4 heteroatoms. The number of aliphatic hydroxyl groups excluding tert-OH is 1. The van der Waals surface area contributed by atoms with Crippen LogP contribution in [-0.4, -0.2) is 19.3 Å².